The maximum Gasteiger partial charge on any atom is 0.336 e. The number of pyridine rings is 1. The zero-order valence-corrected chi connectivity index (χ0v) is 16.0. The molecule has 1 aromatic carbocycles. The molecule has 0 bridgehead atoms. The number of alkyl halides is 1. The number of methoxy groups -OCH3 is 2. The number of carboxylic acid groups (broad SMARTS) is 1. The molecule has 2 unspecified atom stereocenters. The third kappa shape index (κ3) is 2.60. The summed E-state index contributed by atoms with van der Waals surface area (Å²) >= 11 is 0. The standard InChI is InChI=1S/C19H15F6NO4/c1-5(2)19(25)8-6(18(27)28)7-9(20)10(21)11(22)12(23)14(7)26-15(8)13(24)16(29-3)17(19)30-4/h5,17H,1-4H3,(H,27,28). The molecule has 0 aliphatic heterocycles. The van der Waals surface area contributed by atoms with E-state index >= 15 is 8.78 Å². The molecule has 162 valence electrons. The first kappa shape index (κ1) is 21.9. The quantitative estimate of drug-likeness (QED) is 0.431. The van der Waals surface area contributed by atoms with Crippen molar-refractivity contribution in [2.24, 2.45) is 5.92 Å². The number of carboxylic acids is 1. The Bertz CT molecular complexity index is 1120. The fourth-order valence-corrected chi connectivity index (χ4v) is 3.73. The van der Waals surface area contributed by atoms with Crippen molar-refractivity contribution in [3.05, 3.63) is 45.8 Å². The zero-order chi connectivity index (χ0) is 22.7. The normalized spacial score (nSPS) is 21.4. The molecule has 1 aliphatic carbocycles. The number of nitrogens with zero attached hydrogens (tertiary/aromatic N) is 1. The van der Waals surface area contributed by atoms with Gasteiger partial charge >= 0.3 is 5.97 Å². The Labute approximate surface area is 165 Å². The van der Waals surface area contributed by atoms with Crippen LogP contribution < -0.4 is 0 Å². The van der Waals surface area contributed by atoms with Crippen molar-refractivity contribution < 1.29 is 45.7 Å². The van der Waals surface area contributed by atoms with Gasteiger partial charge in [0.05, 0.1) is 18.1 Å². The summed E-state index contributed by atoms with van der Waals surface area (Å²) < 4.78 is 97.9. The molecule has 1 aliphatic rings. The van der Waals surface area contributed by atoms with Crippen LogP contribution in [0.5, 0.6) is 0 Å². The molecular formula is C19H15F6NO4. The van der Waals surface area contributed by atoms with Gasteiger partial charge in [-0.3, -0.25) is 0 Å². The lowest BCUT2D eigenvalue weighted by atomic mass is 9.73. The van der Waals surface area contributed by atoms with Gasteiger partial charge in [-0.15, -0.1) is 0 Å². The molecule has 2 atom stereocenters. The average molecular weight is 435 g/mol. The van der Waals surface area contributed by atoms with Crippen LogP contribution in [0.4, 0.5) is 26.3 Å². The predicted octanol–water partition coefficient (Wildman–Crippen LogP) is 4.62. The van der Waals surface area contributed by atoms with Crippen LogP contribution in [0.3, 0.4) is 0 Å². The first-order valence-electron chi connectivity index (χ1n) is 8.54. The van der Waals surface area contributed by atoms with E-state index in [0.717, 1.165) is 14.2 Å². The molecule has 0 saturated heterocycles. The number of hydrogen-bond acceptors (Lipinski definition) is 4. The van der Waals surface area contributed by atoms with Crippen molar-refractivity contribution in [3.63, 3.8) is 0 Å². The van der Waals surface area contributed by atoms with Crippen molar-refractivity contribution in [1.82, 2.24) is 4.98 Å². The SMILES string of the molecule is COC1=C(F)c2nc3c(F)c(F)c(F)c(F)c3c(C(=O)O)c2C(F)(C(C)C)C1OC. The molecule has 1 N–H and O–H groups in total. The van der Waals surface area contributed by atoms with Crippen LogP contribution in [0.15, 0.2) is 5.76 Å². The van der Waals surface area contributed by atoms with Gasteiger partial charge in [-0.1, -0.05) is 13.8 Å². The molecule has 0 saturated carbocycles. The summed E-state index contributed by atoms with van der Waals surface area (Å²) in [7, 11) is 1.99. The number of fused-ring (bicyclic) bond motifs is 2. The Balaban J connectivity index is 2.71. The van der Waals surface area contributed by atoms with E-state index in [1.807, 2.05) is 0 Å². The van der Waals surface area contributed by atoms with Gasteiger partial charge in [0, 0.05) is 12.7 Å². The predicted molar refractivity (Wildman–Crippen MR) is 92.0 cm³/mol. The maximum atomic E-state index is 16.4. The van der Waals surface area contributed by atoms with E-state index in [2.05, 4.69) is 4.98 Å². The number of halogens is 6. The smallest absolute Gasteiger partial charge is 0.336 e. The fraction of sp³-hybridized carbons (Fsp3) is 0.368. The summed E-state index contributed by atoms with van der Waals surface area (Å²) in [6.45, 7) is 2.59. The first-order chi connectivity index (χ1) is 13.9. The third-order valence-corrected chi connectivity index (χ3v) is 5.14. The van der Waals surface area contributed by atoms with Crippen molar-refractivity contribution in [2.45, 2.75) is 25.6 Å². The van der Waals surface area contributed by atoms with Crippen LogP contribution >= 0.6 is 0 Å². The largest absolute Gasteiger partial charge is 0.495 e. The molecule has 5 nitrogen and oxygen atoms in total. The first-order valence-corrected chi connectivity index (χ1v) is 8.54. The Morgan fingerprint density at radius 3 is 2.10 bits per heavy atom. The van der Waals surface area contributed by atoms with Crippen molar-refractivity contribution in [2.75, 3.05) is 14.2 Å². The molecule has 3 rings (SSSR count). The summed E-state index contributed by atoms with van der Waals surface area (Å²) in [6.07, 6.45) is -1.83. The number of aromatic carboxylic acids is 1. The van der Waals surface area contributed by atoms with Crippen molar-refractivity contribution >= 4 is 22.7 Å². The van der Waals surface area contributed by atoms with Gasteiger partial charge in [0.1, 0.15) is 11.2 Å². The van der Waals surface area contributed by atoms with Crippen LogP contribution in [0.1, 0.15) is 35.5 Å². The topological polar surface area (TPSA) is 68.7 Å². The second-order valence-electron chi connectivity index (χ2n) is 6.92. The Kier molecular flexibility index (Phi) is 5.21. The van der Waals surface area contributed by atoms with Crippen LogP contribution in [-0.2, 0) is 15.1 Å². The van der Waals surface area contributed by atoms with Gasteiger partial charge in [0.2, 0.25) is 0 Å². The highest BCUT2D eigenvalue weighted by atomic mass is 19.2. The van der Waals surface area contributed by atoms with Gasteiger partial charge in [0.15, 0.2) is 46.6 Å². The van der Waals surface area contributed by atoms with Crippen LogP contribution in [0.2, 0.25) is 0 Å². The second kappa shape index (κ2) is 7.15. The minimum absolute atomic E-state index is 0.715. The summed E-state index contributed by atoms with van der Waals surface area (Å²) in [5, 5.41) is 8.36. The number of carbonyl (C=O) groups is 1. The average Bonchev–Trinajstić information content (AvgIpc) is 2.70. The molecule has 0 amide bonds. The molecule has 0 fully saturated rings. The molecule has 0 spiro atoms. The number of ether oxygens (including phenoxy) is 2. The third-order valence-electron chi connectivity index (χ3n) is 5.14. The van der Waals surface area contributed by atoms with E-state index in [0.29, 0.717) is 0 Å². The van der Waals surface area contributed by atoms with E-state index in [-0.39, 0.29) is 0 Å². The van der Waals surface area contributed by atoms with Gasteiger partial charge in [-0.05, 0) is 5.92 Å². The molecule has 2 aromatic rings. The van der Waals surface area contributed by atoms with Crippen LogP contribution in [0, 0.1) is 29.2 Å². The van der Waals surface area contributed by atoms with Crippen molar-refractivity contribution in [1.29, 1.82) is 0 Å². The molecule has 30 heavy (non-hydrogen) atoms. The minimum atomic E-state index is -2.87. The summed E-state index contributed by atoms with van der Waals surface area (Å²) in [5.41, 5.74) is -7.50. The highest BCUT2D eigenvalue weighted by molar-refractivity contribution is 6.06. The Morgan fingerprint density at radius 2 is 1.63 bits per heavy atom. The zero-order valence-electron chi connectivity index (χ0n) is 16.0. The lowest BCUT2D eigenvalue weighted by Crippen LogP contribution is -2.47. The van der Waals surface area contributed by atoms with Gasteiger partial charge in [0.25, 0.3) is 0 Å². The monoisotopic (exact) mass is 435 g/mol. The second-order valence-corrected chi connectivity index (χ2v) is 6.92. The molecule has 0 radical (unpaired) electrons. The molecule has 1 aromatic heterocycles. The van der Waals surface area contributed by atoms with E-state index in [1.165, 1.54) is 13.8 Å². The van der Waals surface area contributed by atoms with E-state index < -0.39 is 86.2 Å². The number of aromatic nitrogens is 1. The minimum Gasteiger partial charge on any atom is -0.495 e. The molecule has 1 heterocycles. The summed E-state index contributed by atoms with van der Waals surface area (Å²) in [4.78, 5) is 15.5. The number of rotatable bonds is 4. The fourth-order valence-electron chi connectivity index (χ4n) is 3.73. The maximum absolute atomic E-state index is 16.4. The summed E-state index contributed by atoms with van der Waals surface area (Å²) in [6, 6.07) is 0. The summed E-state index contributed by atoms with van der Waals surface area (Å²) in [5.74, 6) is -14.0. The van der Waals surface area contributed by atoms with Gasteiger partial charge < -0.3 is 14.6 Å². The van der Waals surface area contributed by atoms with Gasteiger partial charge in [-0.25, -0.2) is 36.1 Å². The van der Waals surface area contributed by atoms with E-state index in [9.17, 15) is 27.5 Å². The molecular weight excluding hydrogens is 420 g/mol. The van der Waals surface area contributed by atoms with E-state index in [4.69, 9.17) is 9.47 Å². The number of benzene rings is 1. The Hall–Kier alpha value is -2.82. The van der Waals surface area contributed by atoms with Gasteiger partial charge in [-0.2, -0.15) is 0 Å². The Morgan fingerprint density at radius 1 is 1.07 bits per heavy atom. The van der Waals surface area contributed by atoms with Crippen LogP contribution in [0.25, 0.3) is 16.7 Å². The lowest BCUT2D eigenvalue weighted by molar-refractivity contribution is -0.0752. The number of hydrogen-bond donors (Lipinski definition) is 1. The van der Waals surface area contributed by atoms with Crippen LogP contribution in [-0.4, -0.2) is 36.4 Å². The highest BCUT2D eigenvalue weighted by Gasteiger charge is 2.56. The molecule has 11 heteroatoms. The van der Waals surface area contributed by atoms with E-state index in [1.54, 1.807) is 0 Å². The lowest BCUT2D eigenvalue weighted by Gasteiger charge is -2.41. The van der Waals surface area contributed by atoms with Crippen molar-refractivity contribution in [3.8, 4) is 0 Å². The highest BCUT2D eigenvalue weighted by Crippen LogP contribution is 2.52.